The molecule has 2 unspecified atom stereocenters. The number of likely N-dealkylation sites (tertiary alicyclic amines) is 1. The lowest BCUT2D eigenvalue weighted by molar-refractivity contribution is -0.137. The fourth-order valence-corrected chi connectivity index (χ4v) is 4.38. The van der Waals surface area contributed by atoms with Gasteiger partial charge in [0.1, 0.15) is 5.82 Å². The normalized spacial score (nSPS) is 27.6. The van der Waals surface area contributed by atoms with Crippen molar-refractivity contribution in [1.82, 2.24) is 9.91 Å². The van der Waals surface area contributed by atoms with Crippen LogP contribution in [0.5, 0.6) is 0 Å². The number of amides is 2. The van der Waals surface area contributed by atoms with E-state index in [2.05, 4.69) is 16.9 Å². The van der Waals surface area contributed by atoms with Crippen molar-refractivity contribution in [3.05, 3.63) is 35.1 Å². The number of hydrogen-bond acceptors (Lipinski definition) is 5. The Morgan fingerprint density at radius 1 is 1.43 bits per heavy atom. The number of hydrazone groups is 1. The first kappa shape index (κ1) is 20.4. The lowest BCUT2D eigenvalue weighted by atomic mass is 9.92. The van der Waals surface area contributed by atoms with E-state index < -0.39 is 23.4 Å². The Morgan fingerprint density at radius 3 is 2.93 bits per heavy atom. The average Bonchev–Trinajstić information content (AvgIpc) is 3.40. The van der Waals surface area contributed by atoms with Gasteiger partial charge in [0.2, 0.25) is 5.60 Å². The van der Waals surface area contributed by atoms with E-state index in [1.54, 1.807) is 20.0 Å². The smallest absolute Gasteiger partial charge is 0.430 e. The lowest BCUT2D eigenvalue weighted by Gasteiger charge is -2.19. The molecular weight excluding hydrogens is 389 g/mol. The molecule has 30 heavy (non-hydrogen) atoms. The van der Waals surface area contributed by atoms with Crippen LogP contribution < -0.4 is 0 Å². The van der Waals surface area contributed by atoms with Crippen molar-refractivity contribution in [2.24, 2.45) is 11.0 Å². The Bertz CT molecular complexity index is 982. The number of ether oxygens (including phenoxy) is 1. The zero-order valence-electron chi connectivity index (χ0n) is 17.0. The van der Waals surface area contributed by atoms with Crippen LogP contribution in [0.2, 0.25) is 0 Å². The van der Waals surface area contributed by atoms with Crippen LogP contribution >= 0.6 is 0 Å². The van der Waals surface area contributed by atoms with Gasteiger partial charge in [0.15, 0.2) is 0 Å². The Labute approximate surface area is 174 Å². The molecule has 0 aromatic heterocycles. The quantitative estimate of drug-likeness (QED) is 0.753. The second-order valence-corrected chi connectivity index (χ2v) is 7.92. The number of carbonyl (C=O) groups is 2. The van der Waals surface area contributed by atoms with Crippen molar-refractivity contribution >= 4 is 17.7 Å². The molecule has 0 bridgehead atoms. The third-order valence-electron chi connectivity index (χ3n) is 5.98. The lowest BCUT2D eigenvalue weighted by Crippen LogP contribution is -2.37. The van der Waals surface area contributed by atoms with E-state index in [0.29, 0.717) is 17.8 Å². The van der Waals surface area contributed by atoms with Gasteiger partial charge in [-0.15, -0.1) is 0 Å². The van der Waals surface area contributed by atoms with E-state index >= 15 is 0 Å². The van der Waals surface area contributed by atoms with Crippen LogP contribution in [0.4, 0.5) is 9.18 Å². The highest BCUT2D eigenvalue weighted by atomic mass is 19.1. The first-order valence-corrected chi connectivity index (χ1v) is 10.2. The molecule has 1 saturated heterocycles. The predicted octanol–water partition coefficient (Wildman–Crippen LogP) is 2.12. The number of carbonyl (C=O) groups excluding carboxylic acids is 2. The van der Waals surface area contributed by atoms with Crippen LogP contribution in [0.15, 0.2) is 23.3 Å². The van der Waals surface area contributed by atoms with Crippen LogP contribution in [-0.2, 0) is 9.53 Å². The summed E-state index contributed by atoms with van der Waals surface area (Å²) in [6.07, 6.45) is 2.24. The van der Waals surface area contributed by atoms with Gasteiger partial charge in [-0.25, -0.2) is 9.18 Å². The number of rotatable bonds is 2. The molecule has 1 saturated carbocycles. The predicted molar refractivity (Wildman–Crippen MR) is 107 cm³/mol. The van der Waals surface area contributed by atoms with Crippen LogP contribution in [-0.4, -0.2) is 64.6 Å². The summed E-state index contributed by atoms with van der Waals surface area (Å²) in [6.45, 7) is 2.41. The van der Waals surface area contributed by atoms with Crippen molar-refractivity contribution in [3.63, 3.8) is 0 Å². The minimum atomic E-state index is -1.72. The summed E-state index contributed by atoms with van der Waals surface area (Å²) in [5.41, 5.74) is -0.450. The molecule has 158 valence electrons. The molecule has 8 heteroatoms. The zero-order valence-corrected chi connectivity index (χ0v) is 17.0. The van der Waals surface area contributed by atoms with E-state index in [4.69, 9.17) is 4.74 Å². The van der Waals surface area contributed by atoms with Gasteiger partial charge in [0.25, 0.3) is 5.91 Å². The zero-order chi connectivity index (χ0) is 21.5. The summed E-state index contributed by atoms with van der Waals surface area (Å²) in [5, 5.41) is 16.2. The number of fused-ring (bicyclic) bond motifs is 1. The van der Waals surface area contributed by atoms with Crippen LogP contribution in [0.3, 0.4) is 0 Å². The van der Waals surface area contributed by atoms with Gasteiger partial charge in [-0.3, -0.25) is 4.79 Å². The van der Waals surface area contributed by atoms with Crippen molar-refractivity contribution in [1.29, 1.82) is 0 Å². The molecule has 2 heterocycles. The van der Waals surface area contributed by atoms with Gasteiger partial charge in [-0.1, -0.05) is 18.3 Å². The van der Waals surface area contributed by atoms with Crippen molar-refractivity contribution in [3.8, 4) is 11.8 Å². The average molecular weight is 413 g/mol. The third-order valence-corrected chi connectivity index (χ3v) is 5.98. The molecule has 2 fully saturated rings. The minimum absolute atomic E-state index is 0.0543. The summed E-state index contributed by atoms with van der Waals surface area (Å²) < 4.78 is 19.8. The van der Waals surface area contributed by atoms with Gasteiger partial charge >= 0.3 is 6.09 Å². The molecule has 1 aliphatic carbocycles. The van der Waals surface area contributed by atoms with Gasteiger partial charge in [0.05, 0.1) is 18.4 Å². The van der Waals surface area contributed by atoms with Gasteiger partial charge in [0, 0.05) is 37.1 Å². The SMILES string of the molecule is CCOC(=O)N1N=C(c2cc(C#C[C@]3(O)CCN(C)C3=O)ccc2F)C2CCCC21. The summed E-state index contributed by atoms with van der Waals surface area (Å²) in [4.78, 5) is 25.8. The molecule has 1 N–H and O–H groups in total. The maximum Gasteiger partial charge on any atom is 0.430 e. The molecule has 2 aliphatic heterocycles. The molecule has 2 amide bonds. The monoisotopic (exact) mass is 413 g/mol. The number of hydrogen-bond donors (Lipinski definition) is 1. The van der Waals surface area contributed by atoms with Crippen LogP contribution in [0.1, 0.15) is 43.7 Å². The third kappa shape index (κ3) is 3.43. The first-order valence-electron chi connectivity index (χ1n) is 10.2. The van der Waals surface area contributed by atoms with Crippen molar-refractivity contribution < 1.29 is 23.8 Å². The highest BCUT2D eigenvalue weighted by molar-refractivity contribution is 6.05. The summed E-state index contributed by atoms with van der Waals surface area (Å²) in [5.74, 6) is 4.52. The summed E-state index contributed by atoms with van der Waals surface area (Å²) in [6, 6.07) is 4.24. The fourth-order valence-electron chi connectivity index (χ4n) is 4.38. The molecule has 3 aliphatic rings. The molecule has 1 aromatic carbocycles. The Hall–Kier alpha value is -2.92. The highest BCUT2D eigenvalue weighted by Crippen LogP contribution is 2.39. The summed E-state index contributed by atoms with van der Waals surface area (Å²) in [7, 11) is 1.61. The van der Waals surface area contributed by atoms with E-state index in [0.717, 1.165) is 19.3 Å². The highest BCUT2D eigenvalue weighted by Gasteiger charge is 2.45. The molecule has 0 spiro atoms. The van der Waals surface area contributed by atoms with Gasteiger partial charge in [-0.05, 0) is 38.0 Å². The molecule has 3 atom stereocenters. The molecule has 1 aromatic rings. The Morgan fingerprint density at radius 2 is 2.23 bits per heavy atom. The first-order chi connectivity index (χ1) is 14.3. The van der Waals surface area contributed by atoms with Crippen LogP contribution in [0, 0.1) is 23.6 Å². The molecular formula is C22H24FN3O4. The van der Waals surface area contributed by atoms with E-state index in [1.807, 2.05) is 0 Å². The van der Waals surface area contributed by atoms with E-state index in [9.17, 15) is 19.1 Å². The topological polar surface area (TPSA) is 82.4 Å². The minimum Gasteiger partial charge on any atom is -0.448 e. The number of benzene rings is 1. The standard InChI is InChI=1S/C22H24FN3O4/c1-3-30-21(28)26-18-6-4-5-15(18)19(24-26)16-13-14(7-8-17(16)23)9-10-22(29)11-12-25(2)20(22)27/h7-8,13,15,18,29H,3-6,11-12H2,1-2H3/t15?,18?,22-/m0/s1. The van der Waals surface area contributed by atoms with E-state index in [-0.39, 0.29) is 30.6 Å². The second kappa shape index (κ2) is 7.73. The van der Waals surface area contributed by atoms with Crippen LogP contribution in [0.25, 0.3) is 0 Å². The maximum absolute atomic E-state index is 14.7. The van der Waals surface area contributed by atoms with Crippen molar-refractivity contribution in [2.75, 3.05) is 20.2 Å². The molecule has 7 nitrogen and oxygen atoms in total. The fraction of sp³-hybridized carbons (Fsp3) is 0.500. The second-order valence-electron chi connectivity index (χ2n) is 7.92. The Kier molecular flexibility index (Phi) is 5.24. The number of aliphatic hydroxyl groups is 1. The van der Waals surface area contributed by atoms with Gasteiger partial charge < -0.3 is 14.7 Å². The maximum atomic E-state index is 14.7. The Balaban J connectivity index is 1.66. The molecule has 0 radical (unpaired) electrons. The summed E-state index contributed by atoms with van der Waals surface area (Å²) >= 11 is 0. The van der Waals surface area contributed by atoms with Crippen molar-refractivity contribution in [2.45, 2.75) is 44.2 Å². The van der Waals surface area contributed by atoms with E-state index in [1.165, 1.54) is 22.0 Å². The number of halogens is 1. The number of nitrogens with zero attached hydrogens (tertiary/aromatic N) is 3. The van der Waals surface area contributed by atoms with Gasteiger partial charge in [-0.2, -0.15) is 10.1 Å². The molecule has 4 rings (SSSR count). The largest absolute Gasteiger partial charge is 0.448 e. The number of likely N-dealkylation sites (N-methyl/N-ethyl adjacent to an activating group) is 1.